The number of likely N-dealkylation sites (tertiary alicyclic amines) is 1. The molecule has 2 rings (SSSR count). The fourth-order valence-electron chi connectivity index (χ4n) is 4.17. The van der Waals surface area contributed by atoms with Gasteiger partial charge in [0.05, 0.1) is 0 Å². The summed E-state index contributed by atoms with van der Waals surface area (Å²) in [5.74, 6) is 2.64. The van der Waals surface area contributed by atoms with Crippen molar-refractivity contribution in [2.45, 2.75) is 64.8 Å². The summed E-state index contributed by atoms with van der Waals surface area (Å²) in [5, 5.41) is 0. The molecule has 18 heavy (non-hydrogen) atoms. The molecule has 1 heterocycles. The lowest BCUT2D eigenvalue weighted by atomic mass is 9.73. The molecule has 0 bridgehead atoms. The van der Waals surface area contributed by atoms with Crippen LogP contribution >= 0.6 is 0 Å². The van der Waals surface area contributed by atoms with E-state index in [4.69, 9.17) is 5.73 Å². The van der Waals surface area contributed by atoms with E-state index >= 15 is 0 Å². The molecule has 1 aliphatic heterocycles. The summed E-state index contributed by atoms with van der Waals surface area (Å²) in [5.41, 5.74) is 6.56. The van der Waals surface area contributed by atoms with E-state index in [0.717, 1.165) is 24.3 Å². The molecule has 2 aliphatic rings. The van der Waals surface area contributed by atoms with Gasteiger partial charge in [0.25, 0.3) is 0 Å². The van der Waals surface area contributed by atoms with Gasteiger partial charge in [0.2, 0.25) is 0 Å². The second kappa shape index (κ2) is 5.92. The second-order valence-corrected chi connectivity index (χ2v) is 7.04. The lowest BCUT2D eigenvalue weighted by Gasteiger charge is -2.47. The molecule has 3 unspecified atom stereocenters. The smallest absolute Gasteiger partial charge is 0.0334 e. The molecule has 0 aromatic heterocycles. The van der Waals surface area contributed by atoms with Gasteiger partial charge >= 0.3 is 0 Å². The summed E-state index contributed by atoms with van der Waals surface area (Å²) < 4.78 is 0. The van der Waals surface area contributed by atoms with Gasteiger partial charge in [-0.15, -0.1) is 0 Å². The third kappa shape index (κ3) is 2.75. The average molecular weight is 252 g/mol. The molecule has 2 heteroatoms. The maximum absolute atomic E-state index is 6.21. The molecule has 0 amide bonds. The van der Waals surface area contributed by atoms with E-state index in [-0.39, 0.29) is 0 Å². The lowest BCUT2D eigenvalue weighted by Crippen LogP contribution is -2.55. The van der Waals surface area contributed by atoms with Gasteiger partial charge in [-0.1, -0.05) is 40.0 Å². The second-order valence-electron chi connectivity index (χ2n) is 7.04. The van der Waals surface area contributed by atoms with Gasteiger partial charge < -0.3 is 5.73 Å². The van der Waals surface area contributed by atoms with Crippen LogP contribution < -0.4 is 5.73 Å². The van der Waals surface area contributed by atoms with Crippen LogP contribution in [0.1, 0.15) is 59.3 Å². The zero-order valence-corrected chi connectivity index (χ0v) is 12.6. The van der Waals surface area contributed by atoms with E-state index in [2.05, 4.69) is 25.7 Å². The standard InChI is InChI=1S/C16H32N2/c1-4-14-6-5-8-16(10-14,12-17)18-9-7-15(11-18)13(2)3/h13-15H,4-12,17H2,1-3H3. The first-order valence-electron chi connectivity index (χ1n) is 8.06. The van der Waals surface area contributed by atoms with E-state index in [9.17, 15) is 0 Å². The van der Waals surface area contributed by atoms with E-state index in [1.807, 2.05) is 0 Å². The molecule has 2 N–H and O–H groups in total. The van der Waals surface area contributed by atoms with Crippen molar-refractivity contribution >= 4 is 0 Å². The van der Waals surface area contributed by atoms with Crippen LogP contribution in [0.25, 0.3) is 0 Å². The highest BCUT2D eigenvalue weighted by molar-refractivity contribution is 4.99. The van der Waals surface area contributed by atoms with Crippen molar-refractivity contribution in [1.82, 2.24) is 4.90 Å². The molecular formula is C16H32N2. The van der Waals surface area contributed by atoms with Crippen molar-refractivity contribution in [1.29, 1.82) is 0 Å². The molecular weight excluding hydrogens is 220 g/mol. The minimum atomic E-state index is 0.350. The van der Waals surface area contributed by atoms with Crippen molar-refractivity contribution < 1.29 is 0 Å². The highest BCUT2D eigenvalue weighted by Gasteiger charge is 2.42. The first-order valence-corrected chi connectivity index (χ1v) is 8.06. The van der Waals surface area contributed by atoms with Crippen molar-refractivity contribution in [2.24, 2.45) is 23.5 Å². The van der Waals surface area contributed by atoms with Gasteiger partial charge in [0, 0.05) is 18.6 Å². The van der Waals surface area contributed by atoms with Crippen molar-refractivity contribution in [3.8, 4) is 0 Å². The molecule has 0 radical (unpaired) electrons. The Morgan fingerprint density at radius 1 is 1.33 bits per heavy atom. The summed E-state index contributed by atoms with van der Waals surface area (Å²) in [6.07, 6.45) is 8.23. The van der Waals surface area contributed by atoms with Gasteiger partial charge in [-0.25, -0.2) is 0 Å². The maximum Gasteiger partial charge on any atom is 0.0334 e. The third-order valence-corrected chi connectivity index (χ3v) is 5.72. The quantitative estimate of drug-likeness (QED) is 0.832. The fraction of sp³-hybridized carbons (Fsp3) is 1.00. The Labute approximate surface area is 113 Å². The van der Waals surface area contributed by atoms with Crippen LogP contribution in [0.15, 0.2) is 0 Å². The first-order chi connectivity index (χ1) is 8.61. The molecule has 2 fully saturated rings. The third-order valence-electron chi connectivity index (χ3n) is 5.72. The number of hydrogen-bond acceptors (Lipinski definition) is 2. The topological polar surface area (TPSA) is 29.3 Å². The average Bonchev–Trinajstić information content (AvgIpc) is 2.89. The Bertz CT molecular complexity index is 264. The highest BCUT2D eigenvalue weighted by atomic mass is 15.2. The fourth-order valence-corrected chi connectivity index (χ4v) is 4.17. The molecule has 106 valence electrons. The van der Waals surface area contributed by atoms with Crippen LogP contribution in [0.3, 0.4) is 0 Å². The first kappa shape index (κ1) is 14.3. The minimum Gasteiger partial charge on any atom is -0.329 e. The van der Waals surface area contributed by atoms with Gasteiger partial charge in [0.1, 0.15) is 0 Å². The number of rotatable bonds is 4. The molecule has 1 aliphatic carbocycles. The van der Waals surface area contributed by atoms with Crippen LogP contribution in [0, 0.1) is 17.8 Å². The monoisotopic (exact) mass is 252 g/mol. The molecule has 0 spiro atoms. The van der Waals surface area contributed by atoms with E-state index in [1.54, 1.807) is 0 Å². The summed E-state index contributed by atoms with van der Waals surface area (Å²) in [6.45, 7) is 10.5. The number of nitrogens with two attached hydrogens (primary N) is 1. The molecule has 3 atom stereocenters. The predicted molar refractivity (Wildman–Crippen MR) is 78.6 cm³/mol. The Balaban J connectivity index is 2.03. The SMILES string of the molecule is CCC1CCCC(CN)(N2CCC(C(C)C)C2)C1. The van der Waals surface area contributed by atoms with Crippen LogP contribution in [-0.4, -0.2) is 30.1 Å². The Hall–Kier alpha value is -0.0800. The van der Waals surface area contributed by atoms with E-state index in [0.29, 0.717) is 5.54 Å². The summed E-state index contributed by atoms with van der Waals surface area (Å²) in [7, 11) is 0. The van der Waals surface area contributed by atoms with Gasteiger partial charge in [-0.05, 0) is 43.6 Å². The van der Waals surface area contributed by atoms with Crippen molar-refractivity contribution in [3.63, 3.8) is 0 Å². The molecule has 2 nitrogen and oxygen atoms in total. The van der Waals surface area contributed by atoms with E-state index < -0.39 is 0 Å². The zero-order valence-electron chi connectivity index (χ0n) is 12.6. The molecule has 1 saturated heterocycles. The molecule has 1 saturated carbocycles. The molecule has 0 aromatic carbocycles. The van der Waals surface area contributed by atoms with Crippen LogP contribution in [0.2, 0.25) is 0 Å². The van der Waals surface area contributed by atoms with Crippen molar-refractivity contribution in [3.05, 3.63) is 0 Å². The highest BCUT2D eigenvalue weighted by Crippen LogP contribution is 2.41. The van der Waals surface area contributed by atoms with Gasteiger partial charge in [0.15, 0.2) is 0 Å². The Morgan fingerprint density at radius 2 is 2.11 bits per heavy atom. The molecule has 0 aromatic rings. The lowest BCUT2D eigenvalue weighted by molar-refractivity contribution is 0.0498. The van der Waals surface area contributed by atoms with Crippen LogP contribution in [0.5, 0.6) is 0 Å². The van der Waals surface area contributed by atoms with E-state index in [1.165, 1.54) is 51.6 Å². The zero-order chi connectivity index (χ0) is 13.2. The normalized spacial score (nSPS) is 38.5. The Kier molecular flexibility index (Phi) is 4.71. The summed E-state index contributed by atoms with van der Waals surface area (Å²) >= 11 is 0. The summed E-state index contributed by atoms with van der Waals surface area (Å²) in [4.78, 5) is 2.76. The minimum absolute atomic E-state index is 0.350. The van der Waals surface area contributed by atoms with Crippen molar-refractivity contribution in [2.75, 3.05) is 19.6 Å². The van der Waals surface area contributed by atoms with Gasteiger partial charge in [-0.3, -0.25) is 4.90 Å². The maximum atomic E-state index is 6.21. The van der Waals surface area contributed by atoms with Crippen LogP contribution in [0.4, 0.5) is 0 Å². The largest absolute Gasteiger partial charge is 0.329 e. The number of hydrogen-bond donors (Lipinski definition) is 1. The number of nitrogens with zero attached hydrogens (tertiary/aromatic N) is 1. The predicted octanol–water partition coefficient (Wildman–Crippen LogP) is 3.26. The van der Waals surface area contributed by atoms with Gasteiger partial charge in [-0.2, -0.15) is 0 Å². The summed E-state index contributed by atoms with van der Waals surface area (Å²) in [6, 6.07) is 0. The Morgan fingerprint density at radius 3 is 2.67 bits per heavy atom. The van der Waals surface area contributed by atoms with Crippen LogP contribution in [-0.2, 0) is 0 Å².